The molecule has 0 radical (unpaired) electrons. The maximum absolute atomic E-state index is 13.4. The molecule has 0 aliphatic heterocycles. The van der Waals surface area contributed by atoms with E-state index in [1.807, 2.05) is 42.5 Å². The molecule has 1 atom stereocenters. The number of nitrogens with one attached hydrogen (secondary N) is 1. The van der Waals surface area contributed by atoms with Gasteiger partial charge in [0, 0.05) is 26.1 Å². The number of ether oxygens (including phenoxy) is 1. The zero-order valence-electron chi connectivity index (χ0n) is 21.0. The van der Waals surface area contributed by atoms with Crippen LogP contribution in [-0.4, -0.2) is 45.2 Å². The van der Waals surface area contributed by atoms with Gasteiger partial charge >= 0.3 is 6.18 Å². The molecule has 6 nitrogen and oxygen atoms in total. The van der Waals surface area contributed by atoms with Crippen molar-refractivity contribution in [1.82, 2.24) is 25.5 Å². The van der Waals surface area contributed by atoms with E-state index in [2.05, 4.69) is 44.6 Å². The molecule has 1 N–H and O–H groups in total. The molecule has 1 heterocycles. The van der Waals surface area contributed by atoms with Gasteiger partial charge in [0.25, 0.3) is 0 Å². The van der Waals surface area contributed by atoms with Gasteiger partial charge in [-0.3, -0.25) is 4.90 Å². The van der Waals surface area contributed by atoms with Gasteiger partial charge in [-0.25, -0.2) is 0 Å². The van der Waals surface area contributed by atoms with Gasteiger partial charge in [-0.1, -0.05) is 78.3 Å². The molecule has 10 heteroatoms. The summed E-state index contributed by atoms with van der Waals surface area (Å²) in [5.41, 5.74) is 1.82. The predicted molar refractivity (Wildman–Crippen MR) is 140 cm³/mol. The first kappa shape index (κ1) is 27.6. The number of H-pyrrole nitrogens is 1. The molecule has 4 aromatic rings. The fraction of sp³-hybridized carbons (Fsp3) is 0.321. The molecule has 4 rings (SSSR count). The molecular formula is C28H29ClF3N5O. The Morgan fingerprint density at radius 3 is 2.55 bits per heavy atom. The van der Waals surface area contributed by atoms with Crippen LogP contribution in [0.4, 0.5) is 13.2 Å². The van der Waals surface area contributed by atoms with Crippen molar-refractivity contribution >= 4 is 11.6 Å². The standard InChI is InChI=1S/C28H29ClF3N5O/c1-20(22-9-3-2-4-10-22)18-37(19-23-11-6-13-25(27(23)29)28(30,31)32)14-7-15-38-24-12-5-8-21(16-24)17-26-33-35-36-34-26/h2-6,8-13,16,20H,7,14-15,17-19H2,1H3,(H,33,34,35,36)/t20-/m0/s1. The average molecular weight is 544 g/mol. The number of halogens is 4. The van der Waals surface area contributed by atoms with Crippen LogP contribution in [0.15, 0.2) is 72.8 Å². The van der Waals surface area contributed by atoms with Gasteiger partial charge in [0.15, 0.2) is 5.82 Å². The van der Waals surface area contributed by atoms with Crippen LogP contribution in [-0.2, 0) is 19.1 Å². The molecule has 38 heavy (non-hydrogen) atoms. The second-order valence-electron chi connectivity index (χ2n) is 9.18. The Morgan fingerprint density at radius 2 is 1.82 bits per heavy atom. The summed E-state index contributed by atoms with van der Waals surface area (Å²) in [5, 5.41) is 13.7. The van der Waals surface area contributed by atoms with Gasteiger partial charge in [0.1, 0.15) is 5.75 Å². The van der Waals surface area contributed by atoms with Crippen LogP contribution in [0.3, 0.4) is 0 Å². The predicted octanol–water partition coefficient (Wildman–Crippen LogP) is 6.54. The molecule has 3 aromatic carbocycles. The van der Waals surface area contributed by atoms with Gasteiger partial charge in [0.2, 0.25) is 0 Å². The molecular weight excluding hydrogens is 515 g/mol. The average Bonchev–Trinajstić information content (AvgIpc) is 3.41. The Labute approximate surface area is 224 Å². The largest absolute Gasteiger partial charge is 0.494 e. The minimum Gasteiger partial charge on any atom is -0.494 e. The molecule has 0 aliphatic rings. The number of alkyl halides is 3. The first-order valence-electron chi connectivity index (χ1n) is 12.4. The van der Waals surface area contributed by atoms with Crippen molar-refractivity contribution in [1.29, 1.82) is 0 Å². The van der Waals surface area contributed by atoms with Crippen molar-refractivity contribution < 1.29 is 17.9 Å². The third-order valence-electron chi connectivity index (χ3n) is 6.22. The highest BCUT2D eigenvalue weighted by molar-refractivity contribution is 6.32. The molecule has 0 amide bonds. The summed E-state index contributed by atoms with van der Waals surface area (Å²) in [6, 6.07) is 21.8. The van der Waals surface area contributed by atoms with E-state index in [0.29, 0.717) is 50.5 Å². The Hall–Kier alpha value is -3.43. The normalized spacial score (nSPS) is 12.6. The minimum absolute atomic E-state index is 0.184. The summed E-state index contributed by atoms with van der Waals surface area (Å²) >= 11 is 6.21. The first-order chi connectivity index (χ1) is 18.3. The molecule has 0 aliphatic carbocycles. The van der Waals surface area contributed by atoms with Crippen molar-refractivity contribution in [2.75, 3.05) is 19.7 Å². The summed E-state index contributed by atoms with van der Waals surface area (Å²) in [5.74, 6) is 1.51. The zero-order chi connectivity index (χ0) is 27.0. The number of hydrogen-bond acceptors (Lipinski definition) is 5. The van der Waals surface area contributed by atoms with Gasteiger partial charge in [-0.15, -0.1) is 10.2 Å². The van der Waals surface area contributed by atoms with E-state index in [4.69, 9.17) is 16.3 Å². The molecule has 0 bridgehead atoms. The fourth-order valence-corrected chi connectivity index (χ4v) is 4.63. The van der Waals surface area contributed by atoms with E-state index >= 15 is 0 Å². The van der Waals surface area contributed by atoms with Crippen LogP contribution in [0.2, 0.25) is 5.02 Å². The smallest absolute Gasteiger partial charge is 0.417 e. The molecule has 1 aromatic heterocycles. The van der Waals surface area contributed by atoms with Crippen molar-refractivity contribution in [3.63, 3.8) is 0 Å². The van der Waals surface area contributed by atoms with Crippen LogP contribution >= 0.6 is 11.6 Å². The highest BCUT2D eigenvalue weighted by Crippen LogP contribution is 2.36. The monoisotopic (exact) mass is 543 g/mol. The van der Waals surface area contributed by atoms with Crippen LogP contribution < -0.4 is 4.74 Å². The quantitative estimate of drug-likeness (QED) is 0.206. The molecule has 0 saturated heterocycles. The van der Waals surface area contributed by atoms with Crippen molar-refractivity contribution in [2.24, 2.45) is 0 Å². The molecule has 0 saturated carbocycles. The number of nitrogens with zero attached hydrogens (tertiary/aromatic N) is 4. The van der Waals surface area contributed by atoms with E-state index in [9.17, 15) is 13.2 Å². The molecule has 0 fully saturated rings. The van der Waals surface area contributed by atoms with Gasteiger partial charge in [-0.05, 0) is 47.2 Å². The number of benzene rings is 3. The highest BCUT2D eigenvalue weighted by atomic mass is 35.5. The Kier molecular flexibility index (Phi) is 9.36. The van der Waals surface area contributed by atoms with Crippen LogP contribution in [0.5, 0.6) is 5.75 Å². The second kappa shape index (κ2) is 12.9. The Morgan fingerprint density at radius 1 is 1.03 bits per heavy atom. The topological polar surface area (TPSA) is 66.9 Å². The second-order valence-corrected chi connectivity index (χ2v) is 9.56. The van der Waals surface area contributed by atoms with Gasteiger partial charge in [-0.2, -0.15) is 18.4 Å². The number of aromatic nitrogens is 4. The molecule has 0 spiro atoms. The van der Waals surface area contributed by atoms with Gasteiger partial charge in [0.05, 0.1) is 17.2 Å². The summed E-state index contributed by atoms with van der Waals surface area (Å²) < 4.78 is 46.2. The molecule has 200 valence electrons. The minimum atomic E-state index is -4.50. The fourth-order valence-electron chi connectivity index (χ4n) is 4.33. The lowest BCUT2D eigenvalue weighted by molar-refractivity contribution is -0.137. The van der Waals surface area contributed by atoms with Crippen LogP contribution in [0.25, 0.3) is 0 Å². The summed E-state index contributed by atoms with van der Waals surface area (Å²) in [4.78, 5) is 2.13. The third kappa shape index (κ3) is 7.79. The van der Waals surface area contributed by atoms with Crippen molar-refractivity contribution in [3.05, 3.63) is 106 Å². The number of rotatable bonds is 12. The Balaban J connectivity index is 1.40. The van der Waals surface area contributed by atoms with E-state index in [1.54, 1.807) is 6.07 Å². The van der Waals surface area contributed by atoms with E-state index in [0.717, 1.165) is 17.4 Å². The highest BCUT2D eigenvalue weighted by Gasteiger charge is 2.34. The summed E-state index contributed by atoms with van der Waals surface area (Å²) in [7, 11) is 0. The lowest BCUT2D eigenvalue weighted by Gasteiger charge is -2.27. The summed E-state index contributed by atoms with van der Waals surface area (Å²) in [6.07, 6.45) is -3.27. The maximum atomic E-state index is 13.4. The lowest BCUT2D eigenvalue weighted by atomic mass is 10.00. The zero-order valence-corrected chi connectivity index (χ0v) is 21.7. The number of hydrogen-bond donors (Lipinski definition) is 1. The molecule has 0 unspecified atom stereocenters. The number of aromatic amines is 1. The summed E-state index contributed by atoms with van der Waals surface area (Å²) in [6.45, 7) is 4.17. The number of tetrazole rings is 1. The maximum Gasteiger partial charge on any atom is 0.417 e. The lowest BCUT2D eigenvalue weighted by Crippen LogP contribution is -2.30. The van der Waals surface area contributed by atoms with Crippen molar-refractivity contribution in [3.8, 4) is 5.75 Å². The van der Waals surface area contributed by atoms with E-state index in [1.165, 1.54) is 11.6 Å². The first-order valence-corrected chi connectivity index (χ1v) is 12.7. The van der Waals surface area contributed by atoms with Gasteiger partial charge < -0.3 is 4.74 Å². The Bertz CT molecular complexity index is 1290. The van der Waals surface area contributed by atoms with E-state index in [-0.39, 0.29) is 10.9 Å². The van der Waals surface area contributed by atoms with Crippen molar-refractivity contribution in [2.45, 2.75) is 38.4 Å². The van der Waals surface area contributed by atoms with E-state index < -0.39 is 11.7 Å². The SMILES string of the molecule is C[C@@H](CN(CCCOc1cccc(Cc2nn[nH]n2)c1)Cc1cccc(C(F)(F)F)c1Cl)c1ccccc1. The van der Waals surface area contributed by atoms with Crippen LogP contribution in [0.1, 0.15) is 47.3 Å². The van der Waals surface area contributed by atoms with Crippen LogP contribution in [0, 0.1) is 0 Å². The third-order valence-corrected chi connectivity index (χ3v) is 6.66.